The first kappa shape index (κ1) is 17.0. The molecule has 0 saturated carbocycles. The van der Waals surface area contributed by atoms with E-state index in [0.29, 0.717) is 23.1 Å². The van der Waals surface area contributed by atoms with Gasteiger partial charge in [-0.15, -0.1) is 11.8 Å². The maximum absolute atomic E-state index is 14.3. The van der Waals surface area contributed by atoms with Gasteiger partial charge < -0.3 is 10.6 Å². The summed E-state index contributed by atoms with van der Waals surface area (Å²) in [4.78, 5) is 3.64. The largest absolute Gasteiger partial charge is 0.382 e. The molecule has 134 valence electrons. The molecule has 26 heavy (non-hydrogen) atoms. The average molecular weight is 368 g/mol. The number of hydrogen-bond acceptors (Lipinski definition) is 4. The molecule has 1 aliphatic heterocycles. The molecule has 1 unspecified atom stereocenters. The third kappa shape index (κ3) is 2.74. The van der Waals surface area contributed by atoms with Gasteiger partial charge in [-0.1, -0.05) is 25.1 Å². The van der Waals surface area contributed by atoms with Crippen LogP contribution in [0.15, 0.2) is 47.4 Å². The van der Waals surface area contributed by atoms with E-state index in [2.05, 4.69) is 41.1 Å². The van der Waals surface area contributed by atoms with E-state index >= 15 is 0 Å². The van der Waals surface area contributed by atoms with E-state index in [1.165, 1.54) is 16.6 Å². The summed E-state index contributed by atoms with van der Waals surface area (Å²) in [6.07, 6.45) is 1.11. The minimum atomic E-state index is -0.295. The molecule has 0 spiro atoms. The van der Waals surface area contributed by atoms with E-state index in [1.54, 1.807) is 12.1 Å². The molecule has 2 aromatic carbocycles. The zero-order valence-electron chi connectivity index (χ0n) is 14.8. The lowest BCUT2D eigenvalue weighted by Gasteiger charge is -2.25. The minimum absolute atomic E-state index is 0.295. The summed E-state index contributed by atoms with van der Waals surface area (Å²) >= 11 is 1.82. The fraction of sp³-hybridized carbons (Fsp3) is 0.250. The van der Waals surface area contributed by atoms with Crippen LogP contribution in [0.1, 0.15) is 20.3 Å². The quantitative estimate of drug-likeness (QED) is 0.670. The predicted octanol–water partition coefficient (Wildman–Crippen LogP) is 5.13. The fourth-order valence-electron chi connectivity index (χ4n) is 3.32. The molecule has 6 heteroatoms. The smallest absolute Gasteiger partial charge is 0.153 e. The van der Waals surface area contributed by atoms with Crippen molar-refractivity contribution in [3.63, 3.8) is 0 Å². The van der Waals surface area contributed by atoms with Crippen molar-refractivity contribution in [2.75, 3.05) is 16.5 Å². The van der Waals surface area contributed by atoms with E-state index in [0.717, 1.165) is 23.4 Å². The van der Waals surface area contributed by atoms with Crippen LogP contribution in [0.3, 0.4) is 0 Å². The summed E-state index contributed by atoms with van der Waals surface area (Å²) in [5, 5.41) is 7.03. The molecule has 1 aliphatic rings. The molecule has 0 bridgehead atoms. The van der Waals surface area contributed by atoms with Gasteiger partial charge >= 0.3 is 0 Å². The minimum Gasteiger partial charge on any atom is -0.382 e. The van der Waals surface area contributed by atoms with Crippen molar-refractivity contribution >= 4 is 23.3 Å². The summed E-state index contributed by atoms with van der Waals surface area (Å²) in [6.45, 7) is 4.45. The van der Waals surface area contributed by atoms with Gasteiger partial charge in [0.25, 0.3) is 0 Å². The maximum atomic E-state index is 14.3. The first-order chi connectivity index (χ1) is 12.6. The van der Waals surface area contributed by atoms with Crippen molar-refractivity contribution in [2.45, 2.75) is 31.2 Å². The highest BCUT2D eigenvalue weighted by molar-refractivity contribution is 7.99. The van der Waals surface area contributed by atoms with Gasteiger partial charge in [0.1, 0.15) is 5.82 Å². The van der Waals surface area contributed by atoms with E-state index in [1.807, 2.05) is 23.9 Å². The first-order valence-electron chi connectivity index (χ1n) is 8.72. The SMILES string of the molecule is CCC(C)N1CSc2cc(-c3c(N)n[nH]c3-c3ccccc3F)ccc21. The Balaban J connectivity index is 1.79. The van der Waals surface area contributed by atoms with Crippen LogP contribution in [0.5, 0.6) is 0 Å². The summed E-state index contributed by atoms with van der Waals surface area (Å²) in [6, 6.07) is 13.5. The standard InChI is InChI=1S/C20H21FN4S/c1-3-12(2)25-11-26-17-10-13(8-9-16(17)25)18-19(23-24-20(18)22)14-6-4-5-7-15(14)21/h4-10,12H,3,11H2,1-2H3,(H3,22,23,24). The van der Waals surface area contributed by atoms with E-state index < -0.39 is 0 Å². The van der Waals surface area contributed by atoms with Gasteiger partial charge in [0.15, 0.2) is 5.82 Å². The van der Waals surface area contributed by atoms with Crippen LogP contribution in [-0.4, -0.2) is 22.1 Å². The Morgan fingerprint density at radius 2 is 2.12 bits per heavy atom. The van der Waals surface area contributed by atoms with Crippen molar-refractivity contribution in [3.8, 4) is 22.4 Å². The normalized spacial score (nSPS) is 14.5. The number of hydrogen-bond donors (Lipinski definition) is 2. The number of halogens is 1. The van der Waals surface area contributed by atoms with Crippen molar-refractivity contribution in [3.05, 3.63) is 48.3 Å². The molecule has 1 aromatic heterocycles. The molecule has 4 nitrogen and oxygen atoms in total. The van der Waals surface area contributed by atoms with Gasteiger partial charge in [0.2, 0.25) is 0 Å². The van der Waals surface area contributed by atoms with Gasteiger partial charge in [-0.25, -0.2) is 4.39 Å². The molecular formula is C20H21FN4S. The van der Waals surface area contributed by atoms with Crippen molar-refractivity contribution in [2.24, 2.45) is 0 Å². The lowest BCUT2D eigenvalue weighted by Crippen LogP contribution is -2.29. The van der Waals surface area contributed by atoms with Gasteiger partial charge in [-0.2, -0.15) is 5.10 Å². The molecule has 0 fully saturated rings. The number of nitrogen functional groups attached to an aromatic ring is 1. The van der Waals surface area contributed by atoms with Crippen LogP contribution in [-0.2, 0) is 0 Å². The van der Waals surface area contributed by atoms with Crippen molar-refractivity contribution in [1.82, 2.24) is 10.2 Å². The Labute approximate surface area is 156 Å². The highest BCUT2D eigenvalue weighted by atomic mass is 32.2. The Kier molecular flexibility index (Phi) is 4.36. The van der Waals surface area contributed by atoms with E-state index in [9.17, 15) is 4.39 Å². The van der Waals surface area contributed by atoms with Crippen molar-refractivity contribution < 1.29 is 4.39 Å². The van der Waals surface area contributed by atoms with Crippen LogP contribution in [0, 0.1) is 5.82 Å². The van der Waals surface area contributed by atoms with Gasteiger partial charge in [-0.05, 0) is 43.2 Å². The number of nitrogens with one attached hydrogen (secondary N) is 1. The monoisotopic (exact) mass is 368 g/mol. The number of aromatic nitrogens is 2. The predicted molar refractivity (Wildman–Crippen MR) is 107 cm³/mol. The fourth-order valence-corrected chi connectivity index (χ4v) is 4.54. The second kappa shape index (κ2) is 6.68. The number of benzene rings is 2. The number of H-pyrrole nitrogens is 1. The maximum Gasteiger partial charge on any atom is 0.153 e. The van der Waals surface area contributed by atoms with Crippen LogP contribution in [0.2, 0.25) is 0 Å². The Morgan fingerprint density at radius 1 is 1.31 bits per heavy atom. The summed E-state index contributed by atoms with van der Waals surface area (Å²) in [5.41, 5.74) is 10.2. The Morgan fingerprint density at radius 3 is 2.88 bits per heavy atom. The number of aromatic amines is 1. The number of fused-ring (bicyclic) bond motifs is 1. The second-order valence-corrected chi connectivity index (χ2v) is 7.51. The van der Waals surface area contributed by atoms with Gasteiger partial charge in [-0.3, -0.25) is 5.10 Å². The van der Waals surface area contributed by atoms with Crippen LogP contribution >= 0.6 is 11.8 Å². The number of rotatable bonds is 4. The number of nitrogens with two attached hydrogens (primary N) is 1. The highest BCUT2D eigenvalue weighted by Gasteiger charge is 2.25. The zero-order valence-corrected chi connectivity index (χ0v) is 15.6. The number of thioether (sulfide) groups is 1. The highest BCUT2D eigenvalue weighted by Crippen LogP contribution is 2.44. The van der Waals surface area contributed by atoms with Crippen LogP contribution in [0.25, 0.3) is 22.4 Å². The summed E-state index contributed by atoms with van der Waals surface area (Å²) in [7, 11) is 0. The molecule has 3 aromatic rings. The topological polar surface area (TPSA) is 57.9 Å². The lowest BCUT2D eigenvalue weighted by atomic mass is 10.00. The van der Waals surface area contributed by atoms with E-state index in [4.69, 9.17) is 5.73 Å². The molecule has 2 heterocycles. The molecule has 3 N–H and O–H groups in total. The molecule has 0 saturated heterocycles. The first-order valence-corrected chi connectivity index (χ1v) is 9.71. The molecule has 0 aliphatic carbocycles. The molecule has 0 radical (unpaired) electrons. The molecule has 1 atom stereocenters. The van der Waals surface area contributed by atoms with Gasteiger partial charge in [0.05, 0.1) is 22.8 Å². The Hall–Kier alpha value is -2.47. The Bertz CT molecular complexity index is 953. The molecular weight excluding hydrogens is 347 g/mol. The van der Waals surface area contributed by atoms with Gasteiger partial charge in [0, 0.05) is 16.5 Å². The number of anilines is 2. The van der Waals surface area contributed by atoms with Crippen molar-refractivity contribution in [1.29, 1.82) is 0 Å². The zero-order chi connectivity index (χ0) is 18.3. The summed E-state index contributed by atoms with van der Waals surface area (Å²) in [5.74, 6) is 1.04. The number of nitrogens with zero attached hydrogens (tertiary/aromatic N) is 2. The van der Waals surface area contributed by atoms with Crippen LogP contribution in [0.4, 0.5) is 15.9 Å². The third-order valence-electron chi connectivity index (χ3n) is 4.98. The molecule has 4 rings (SSSR count). The van der Waals surface area contributed by atoms with Crippen LogP contribution < -0.4 is 10.6 Å². The average Bonchev–Trinajstić information content (AvgIpc) is 3.24. The third-order valence-corrected chi connectivity index (χ3v) is 6.02. The summed E-state index contributed by atoms with van der Waals surface area (Å²) < 4.78 is 14.3. The second-order valence-electron chi connectivity index (χ2n) is 6.52. The molecule has 0 amide bonds. The lowest BCUT2D eigenvalue weighted by molar-refractivity contribution is 0.630. The van der Waals surface area contributed by atoms with E-state index in [-0.39, 0.29) is 5.82 Å².